The monoisotopic (exact) mass is 289 g/mol. The highest BCUT2D eigenvalue weighted by molar-refractivity contribution is 6.34. The standard InChI is InChI=1S/C16H16ClNO2/c1-11-4-2-7-14(15(11)17)16(20)18-9-12-5-3-6-13(8-12)10-19/h2-8,19H,9-10H2,1H3,(H,18,20). The minimum absolute atomic E-state index is 0.00844. The third-order valence-electron chi connectivity index (χ3n) is 3.06. The number of aliphatic hydroxyl groups is 1. The number of halogens is 1. The fourth-order valence-corrected chi connectivity index (χ4v) is 2.15. The molecule has 2 N–H and O–H groups in total. The van der Waals surface area contributed by atoms with Crippen LogP contribution in [0.15, 0.2) is 42.5 Å². The van der Waals surface area contributed by atoms with Crippen molar-refractivity contribution in [2.24, 2.45) is 0 Å². The maximum absolute atomic E-state index is 12.1. The van der Waals surface area contributed by atoms with Gasteiger partial charge in [0.1, 0.15) is 0 Å². The van der Waals surface area contributed by atoms with E-state index in [1.54, 1.807) is 6.07 Å². The summed E-state index contributed by atoms with van der Waals surface area (Å²) < 4.78 is 0. The Morgan fingerprint density at radius 1 is 1.20 bits per heavy atom. The van der Waals surface area contributed by atoms with Gasteiger partial charge in [0.05, 0.1) is 17.2 Å². The number of hydrogen-bond acceptors (Lipinski definition) is 2. The zero-order valence-corrected chi connectivity index (χ0v) is 11.9. The maximum Gasteiger partial charge on any atom is 0.253 e. The first-order valence-electron chi connectivity index (χ1n) is 6.34. The molecule has 1 amide bonds. The van der Waals surface area contributed by atoms with E-state index in [1.807, 2.05) is 43.3 Å². The van der Waals surface area contributed by atoms with Crippen molar-refractivity contribution < 1.29 is 9.90 Å². The normalized spacial score (nSPS) is 10.3. The molecule has 4 heteroatoms. The van der Waals surface area contributed by atoms with E-state index in [2.05, 4.69) is 5.32 Å². The molecule has 0 aliphatic heterocycles. The smallest absolute Gasteiger partial charge is 0.253 e. The van der Waals surface area contributed by atoms with Gasteiger partial charge in [0, 0.05) is 6.54 Å². The second-order valence-electron chi connectivity index (χ2n) is 4.60. The third-order valence-corrected chi connectivity index (χ3v) is 3.57. The van der Waals surface area contributed by atoms with Gasteiger partial charge in [-0.2, -0.15) is 0 Å². The summed E-state index contributed by atoms with van der Waals surface area (Å²) in [6.07, 6.45) is 0. The van der Waals surface area contributed by atoms with Gasteiger partial charge in [0.25, 0.3) is 5.91 Å². The summed E-state index contributed by atoms with van der Waals surface area (Å²) in [5.41, 5.74) is 3.12. The Morgan fingerprint density at radius 3 is 2.65 bits per heavy atom. The van der Waals surface area contributed by atoms with Crippen molar-refractivity contribution in [2.75, 3.05) is 0 Å². The summed E-state index contributed by atoms with van der Waals surface area (Å²) in [5.74, 6) is -0.201. The molecule has 3 nitrogen and oxygen atoms in total. The van der Waals surface area contributed by atoms with Crippen LogP contribution in [-0.2, 0) is 13.2 Å². The second kappa shape index (κ2) is 6.55. The molecule has 2 aromatic carbocycles. The maximum atomic E-state index is 12.1. The zero-order valence-electron chi connectivity index (χ0n) is 11.2. The van der Waals surface area contributed by atoms with Crippen LogP contribution in [0.3, 0.4) is 0 Å². The first-order valence-corrected chi connectivity index (χ1v) is 6.71. The molecule has 0 aliphatic rings. The number of carbonyl (C=O) groups is 1. The number of nitrogens with one attached hydrogen (secondary N) is 1. The lowest BCUT2D eigenvalue weighted by Gasteiger charge is -2.09. The Labute approximate surface area is 123 Å². The first kappa shape index (κ1) is 14.6. The quantitative estimate of drug-likeness (QED) is 0.909. The van der Waals surface area contributed by atoms with Crippen molar-refractivity contribution in [1.82, 2.24) is 5.32 Å². The van der Waals surface area contributed by atoms with Gasteiger partial charge < -0.3 is 10.4 Å². The van der Waals surface area contributed by atoms with Gasteiger partial charge in [-0.15, -0.1) is 0 Å². The predicted octanol–water partition coefficient (Wildman–Crippen LogP) is 3.07. The number of rotatable bonds is 4. The molecule has 0 saturated heterocycles. The molecule has 2 aromatic rings. The second-order valence-corrected chi connectivity index (χ2v) is 4.98. The van der Waals surface area contributed by atoms with E-state index in [1.165, 1.54) is 0 Å². The van der Waals surface area contributed by atoms with Gasteiger partial charge in [-0.1, -0.05) is 48.0 Å². The van der Waals surface area contributed by atoms with E-state index in [0.717, 1.165) is 16.7 Å². The summed E-state index contributed by atoms with van der Waals surface area (Å²) in [6.45, 7) is 2.26. The number of aryl methyl sites for hydroxylation is 1. The van der Waals surface area contributed by atoms with Crippen LogP contribution in [-0.4, -0.2) is 11.0 Å². The van der Waals surface area contributed by atoms with Crippen LogP contribution in [0.4, 0.5) is 0 Å². The number of carbonyl (C=O) groups excluding carboxylic acids is 1. The van der Waals surface area contributed by atoms with E-state index in [9.17, 15) is 4.79 Å². The minimum atomic E-state index is -0.201. The molecule has 0 spiro atoms. The largest absolute Gasteiger partial charge is 0.392 e. The van der Waals surface area contributed by atoms with E-state index in [-0.39, 0.29) is 12.5 Å². The molecule has 0 aromatic heterocycles. The number of amides is 1. The van der Waals surface area contributed by atoms with Gasteiger partial charge in [-0.3, -0.25) is 4.79 Å². The fourth-order valence-electron chi connectivity index (χ4n) is 1.94. The highest BCUT2D eigenvalue weighted by Gasteiger charge is 2.11. The topological polar surface area (TPSA) is 49.3 Å². The fraction of sp³-hybridized carbons (Fsp3) is 0.188. The average Bonchev–Trinajstić information content (AvgIpc) is 2.48. The Hall–Kier alpha value is -1.84. The molecule has 0 aliphatic carbocycles. The zero-order chi connectivity index (χ0) is 14.5. The molecular weight excluding hydrogens is 274 g/mol. The summed E-state index contributed by atoms with van der Waals surface area (Å²) in [6, 6.07) is 12.8. The van der Waals surface area contributed by atoms with Crippen LogP contribution in [0.1, 0.15) is 27.0 Å². The summed E-state index contributed by atoms with van der Waals surface area (Å²) >= 11 is 6.12. The minimum Gasteiger partial charge on any atom is -0.392 e. The van der Waals surface area contributed by atoms with Gasteiger partial charge in [0.15, 0.2) is 0 Å². The number of benzene rings is 2. The lowest BCUT2D eigenvalue weighted by atomic mass is 10.1. The molecule has 0 saturated carbocycles. The van der Waals surface area contributed by atoms with Crippen molar-refractivity contribution in [3.05, 3.63) is 69.7 Å². The predicted molar refractivity (Wildman–Crippen MR) is 79.7 cm³/mol. The summed E-state index contributed by atoms with van der Waals surface area (Å²) in [7, 11) is 0. The van der Waals surface area contributed by atoms with Crippen molar-refractivity contribution >= 4 is 17.5 Å². The molecule has 104 valence electrons. The van der Waals surface area contributed by atoms with Crippen LogP contribution >= 0.6 is 11.6 Å². The lowest BCUT2D eigenvalue weighted by molar-refractivity contribution is 0.0951. The van der Waals surface area contributed by atoms with Crippen molar-refractivity contribution in [3.63, 3.8) is 0 Å². The Kier molecular flexibility index (Phi) is 4.77. The first-order chi connectivity index (χ1) is 9.61. The van der Waals surface area contributed by atoms with Gasteiger partial charge >= 0.3 is 0 Å². The molecule has 0 heterocycles. The SMILES string of the molecule is Cc1cccc(C(=O)NCc2cccc(CO)c2)c1Cl. The Morgan fingerprint density at radius 2 is 1.90 bits per heavy atom. The van der Waals surface area contributed by atoms with Crippen LogP contribution in [0, 0.1) is 6.92 Å². The van der Waals surface area contributed by atoms with Crippen LogP contribution in [0.2, 0.25) is 5.02 Å². The Bertz CT molecular complexity index is 626. The van der Waals surface area contributed by atoms with Gasteiger partial charge in [-0.05, 0) is 29.7 Å². The van der Waals surface area contributed by atoms with Crippen molar-refractivity contribution in [2.45, 2.75) is 20.1 Å². The molecule has 0 radical (unpaired) electrons. The van der Waals surface area contributed by atoms with Crippen LogP contribution < -0.4 is 5.32 Å². The molecule has 0 fully saturated rings. The van der Waals surface area contributed by atoms with E-state index in [4.69, 9.17) is 16.7 Å². The third kappa shape index (κ3) is 3.38. The summed E-state index contributed by atoms with van der Waals surface area (Å²) in [4.78, 5) is 12.1. The van der Waals surface area contributed by atoms with Crippen LogP contribution in [0.25, 0.3) is 0 Å². The highest BCUT2D eigenvalue weighted by atomic mass is 35.5. The van der Waals surface area contributed by atoms with Crippen molar-refractivity contribution in [1.29, 1.82) is 0 Å². The molecule has 0 atom stereocenters. The highest BCUT2D eigenvalue weighted by Crippen LogP contribution is 2.20. The lowest BCUT2D eigenvalue weighted by Crippen LogP contribution is -2.23. The molecule has 20 heavy (non-hydrogen) atoms. The summed E-state index contributed by atoms with van der Waals surface area (Å²) in [5, 5.41) is 12.4. The van der Waals surface area contributed by atoms with E-state index < -0.39 is 0 Å². The van der Waals surface area contributed by atoms with E-state index in [0.29, 0.717) is 17.1 Å². The van der Waals surface area contributed by atoms with Crippen LogP contribution in [0.5, 0.6) is 0 Å². The molecule has 2 rings (SSSR count). The molecule has 0 unspecified atom stereocenters. The molecular formula is C16H16ClNO2. The van der Waals surface area contributed by atoms with Crippen molar-refractivity contribution in [3.8, 4) is 0 Å². The van der Waals surface area contributed by atoms with E-state index >= 15 is 0 Å². The van der Waals surface area contributed by atoms with Gasteiger partial charge in [-0.25, -0.2) is 0 Å². The number of aliphatic hydroxyl groups excluding tert-OH is 1. The average molecular weight is 290 g/mol. The number of hydrogen-bond donors (Lipinski definition) is 2. The Balaban J connectivity index is 2.06. The molecule has 0 bridgehead atoms. The van der Waals surface area contributed by atoms with Gasteiger partial charge in [0.2, 0.25) is 0 Å².